The molecule has 0 bridgehead atoms. The molecule has 7 heteroatoms. The molecule has 0 aliphatic heterocycles. The van der Waals surface area contributed by atoms with Gasteiger partial charge in [-0.15, -0.1) is 0 Å². The van der Waals surface area contributed by atoms with Gasteiger partial charge < -0.3 is 10.1 Å². The highest BCUT2D eigenvalue weighted by Gasteiger charge is 2.22. The molecule has 6 nitrogen and oxygen atoms in total. The second kappa shape index (κ2) is 8.54. The molecule has 146 valence electrons. The number of benzene rings is 2. The maximum absolute atomic E-state index is 12.5. The van der Waals surface area contributed by atoms with Gasteiger partial charge in [0.2, 0.25) is 10.0 Å². The van der Waals surface area contributed by atoms with Crippen LogP contribution in [0.4, 0.5) is 0 Å². The van der Waals surface area contributed by atoms with Gasteiger partial charge in [-0.2, -0.15) is 0 Å². The average Bonchev–Trinajstić information content (AvgIpc) is 2.63. The zero-order chi connectivity index (χ0) is 20.2. The summed E-state index contributed by atoms with van der Waals surface area (Å²) in [5.41, 5.74) is 2.83. The standard InChI is InChI=1S/C20H26N2O4S/c1-14-12-17(13-19(15(14)2)27(24,25)22(3)4)20(23)21-11-10-16-6-8-18(26-5)9-7-16/h6-9,12-13H,10-11H2,1-5H3,(H,21,23). The highest BCUT2D eigenvalue weighted by Crippen LogP contribution is 2.23. The lowest BCUT2D eigenvalue weighted by atomic mass is 10.1. The number of amides is 1. The van der Waals surface area contributed by atoms with Crippen molar-refractivity contribution in [1.29, 1.82) is 0 Å². The minimum atomic E-state index is -3.61. The number of methoxy groups -OCH3 is 1. The SMILES string of the molecule is COc1ccc(CCNC(=O)c2cc(C)c(C)c(S(=O)(=O)N(C)C)c2)cc1. The number of hydrogen-bond acceptors (Lipinski definition) is 4. The molecule has 2 aromatic carbocycles. The van der Waals surface area contributed by atoms with Crippen molar-refractivity contribution in [3.63, 3.8) is 0 Å². The van der Waals surface area contributed by atoms with E-state index in [1.165, 1.54) is 20.2 Å². The Balaban J connectivity index is 2.13. The fourth-order valence-corrected chi connectivity index (χ4v) is 3.85. The normalized spacial score (nSPS) is 11.5. The largest absolute Gasteiger partial charge is 0.497 e. The first-order valence-electron chi connectivity index (χ1n) is 8.61. The Bertz CT molecular complexity index is 920. The van der Waals surface area contributed by atoms with Gasteiger partial charge in [0, 0.05) is 26.2 Å². The number of ether oxygens (including phenoxy) is 1. The molecule has 0 fully saturated rings. The first-order chi connectivity index (χ1) is 12.7. The first-order valence-corrected chi connectivity index (χ1v) is 10.1. The summed E-state index contributed by atoms with van der Waals surface area (Å²) < 4.78 is 31.3. The molecule has 2 aromatic rings. The van der Waals surface area contributed by atoms with Crippen LogP contribution in [-0.4, -0.2) is 46.4 Å². The van der Waals surface area contributed by atoms with Crippen molar-refractivity contribution >= 4 is 15.9 Å². The van der Waals surface area contributed by atoms with Gasteiger partial charge in [0.05, 0.1) is 12.0 Å². The van der Waals surface area contributed by atoms with Crippen molar-refractivity contribution in [3.05, 3.63) is 58.7 Å². The molecule has 0 atom stereocenters. The quantitative estimate of drug-likeness (QED) is 0.788. The molecule has 0 heterocycles. The van der Waals surface area contributed by atoms with Gasteiger partial charge in [-0.3, -0.25) is 4.79 Å². The zero-order valence-corrected chi connectivity index (χ0v) is 17.2. The van der Waals surface area contributed by atoms with Crippen LogP contribution in [0.5, 0.6) is 5.75 Å². The third-order valence-corrected chi connectivity index (χ3v) is 6.44. The maximum Gasteiger partial charge on any atom is 0.251 e. The van der Waals surface area contributed by atoms with Crippen molar-refractivity contribution in [2.24, 2.45) is 0 Å². The van der Waals surface area contributed by atoms with Gasteiger partial charge >= 0.3 is 0 Å². The molecule has 0 unspecified atom stereocenters. The van der Waals surface area contributed by atoms with Crippen LogP contribution >= 0.6 is 0 Å². The number of carbonyl (C=O) groups is 1. The van der Waals surface area contributed by atoms with Gasteiger partial charge in [-0.05, 0) is 61.2 Å². The molecule has 0 aromatic heterocycles. The van der Waals surface area contributed by atoms with E-state index >= 15 is 0 Å². The lowest BCUT2D eigenvalue weighted by Gasteiger charge is -2.16. The fourth-order valence-electron chi connectivity index (χ4n) is 2.64. The third kappa shape index (κ3) is 4.87. The molecule has 1 N–H and O–H groups in total. The molecule has 0 spiro atoms. The number of nitrogens with zero attached hydrogens (tertiary/aromatic N) is 1. The van der Waals surface area contributed by atoms with E-state index in [0.717, 1.165) is 21.2 Å². The first kappa shape index (κ1) is 20.9. The van der Waals surface area contributed by atoms with E-state index in [4.69, 9.17) is 4.74 Å². The topological polar surface area (TPSA) is 75.7 Å². The van der Waals surface area contributed by atoms with Gasteiger partial charge in [0.15, 0.2) is 0 Å². The van der Waals surface area contributed by atoms with Crippen molar-refractivity contribution in [3.8, 4) is 5.75 Å². The summed E-state index contributed by atoms with van der Waals surface area (Å²) in [4.78, 5) is 12.7. The van der Waals surface area contributed by atoms with Crippen LogP contribution < -0.4 is 10.1 Å². The summed E-state index contributed by atoms with van der Waals surface area (Å²) in [7, 11) is 0.956. The molecule has 2 rings (SSSR count). The summed E-state index contributed by atoms with van der Waals surface area (Å²) in [6, 6.07) is 10.8. The Kier molecular flexibility index (Phi) is 6.62. The Morgan fingerprint density at radius 3 is 2.30 bits per heavy atom. The van der Waals surface area contributed by atoms with Crippen molar-refractivity contribution in [1.82, 2.24) is 9.62 Å². The van der Waals surface area contributed by atoms with E-state index in [1.54, 1.807) is 27.0 Å². The molecular weight excluding hydrogens is 364 g/mol. The van der Waals surface area contributed by atoms with Crippen molar-refractivity contribution in [2.45, 2.75) is 25.2 Å². The number of nitrogens with one attached hydrogen (secondary N) is 1. The Labute approximate surface area is 161 Å². The summed E-state index contributed by atoms with van der Waals surface area (Å²) in [5.74, 6) is 0.495. The maximum atomic E-state index is 12.5. The van der Waals surface area contributed by atoms with Crippen molar-refractivity contribution in [2.75, 3.05) is 27.7 Å². The Morgan fingerprint density at radius 1 is 1.11 bits per heavy atom. The van der Waals surface area contributed by atoms with Crippen LogP contribution in [-0.2, 0) is 16.4 Å². The van der Waals surface area contributed by atoms with E-state index in [1.807, 2.05) is 24.3 Å². The van der Waals surface area contributed by atoms with Crippen LogP contribution in [0.2, 0.25) is 0 Å². The summed E-state index contributed by atoms with van der Waals surface area (Å²) in [6.45, 7) is 4.00. The Morgan fingerprint density at radius 2 is 1.74 bits per heavy atom. The monoisotopic (exact) mass is 390 g/mol. The van der Waals surface area contributed by atoms with Gasteiger partial charge in [-0.25, -0.2) is 12.7 Å². The summed E-state index contributed by atoms with van der Waals surface area (Å²) >= 11 is 0. The van der Waals surface area contributed by atoms with E-state index in [-0.39, 0.29) is 10.8 Å². The predicted molar refractivity (Wildman–Crippen MR) is 106 cm³/mol. The van der Waals surface area contributed by atoms with E-state index in [2.05, 4.69) is 5.32 Å². The number of carbonyl (C=O) groups excluding carboxylic acids is 1. The van der Waals surface area contributed by atoms with Crippen LogP contribution in [0.1, 0.15) is 27.0 Å². The molecule has 1 amide bonds. The van der Waals surface area contributed by atoms with Crippen LogP contribution in [0.3, 0.4) is 0 Å². The van der Waals surface area contributed by atoms with E-state index in [9.17, 15) is 13.2 Å². The zero-order valence-electron chi connectivity index (χ0n) is 16.4. The molecule has 27 heavy (non-hydrogen) atoms. The van der Waals surface area contributed by atoms with E-state index < -0.39 is 10.0 Å². The molecule has 0 saturated carbocycles. The smallest absolute Gasteiger partial charge is 0.251 e. The summed E-state index contributed by atoms with van der Waals surface area (Å²) in [5, 5.41) is 2.85. The number of aryl methyl sites for hydroxylation is 1. The predicted octanol–water partition coefficient (Wildman–Crippen LogP) is 2.53. The molecule has 0 aliphatic rings. The number of sulfonamides is 1. The van der Waals surface area contributed by atoms with Crippen molar-refractivity contribution < 1.29 is 17.9 Å². The highest BCUT2D eigenvalue weighted by atomic mass is 32.2. The highest BCUT2D eigenvalue weighted by molar-refractivity contribution is 7.89. The second-order valence-corrected chi connectivity index (χ2v) is 8.68. The lowest BCUT2D eigenvalue weighted by molar-refractivity contribution is 0.0954. The molecule has 0 aliphatic carbocycles. The van der Waals surface area contributed by atoms with Crippen LogP contribution in [0, 0.1) is 13.8 Å². The van der Waals surface area contributed by atoms with Gasteiger partial charge in [-0.1, -0.05) is 12.1 Å². The fraction of sp³-hybridized carbons (Fsp3) is 0.350. The number of hydrogen-bond donors (Lipinski definition) is 1. The summed E-state index contributed by atoms with van der Waals surface area (Å²) in [6.07, 6.45) is 0.670. The lowest BCUT2D eigenvalue weighted by Crippen LogP contribution is -2.27. The minimum absolute atomic E-state index is 0.160. The van der Waals surface area contributed by atoms with Gasteiger partial charge in [0.25, 0.3) is 5.91 Å². The Hall–Kier alpha value is -2.38. The number of rotatable bonds is 7. The molecule has 0 saturated heterocycles. The minimum Gasteiger partial charge on any atom is -0.497 e. The third-order valence-electron chi connectivity index (χ3n) is 4.50. The van der Waals surface area contributed by atoms with Gasteiger partial charge in [0.1, 0.15) is 5.75 Å². The van der Waals surface area contributed by atoms with Crippen LogP contribution in [0.25, 0.3) is 0 Å². The van der Waals surface area contributed by atoms with E-state index in [0.29, 0.717) is 24.1 Å². The average molecular weight is 391 g/mol. The molecule has 0 radical (unpaired) electrons. The molecular formula is C20H26N2O4S. The van der Waals surface area contributed by atoms with Crippen LogP contribution in [0.15, 0.2) is 41.3 Å². The second-order valence-electron chi connectivity index (χ2n) is 6.56.